The molecule has 0 saturated heterocycles. The van der Waals surface area contributed by atoms with Gasteiger partial charge in [-0.2, -0.15) is 0 Å². The van der Waals surface area contributed by atoms with E-state index in [0.717, 1.165) is 25.1 Å². The van der Waals surface area contributed by atoms with Crippen LogP contribution in [0.25, 0.3) is 0 Å². The van der Waals surface area contributed by atoms with Crippen LogP contribution in [0.2, 0.25) is 0 Å². The van der Waals surface area contributed by atoms with Gasteiger partial charge in [-0.25, -0.2) is 4.98 Å². The molecule has 1 N–H and O–H groups in total. The summed E-state index contributed by atoms with van der Waals surface area (Å²) >= 11 is 1.79. The molecule has 0 aliphatic heterocycles. The minimum Gasteiger partial charge on any atom is -0.314 e. The van der Waals surface area contributed by atoms with Crippen molar-refractivity contribution >= 4 is 11.3 Å². The maximum atomic E-state index is 4.63. The summed E-state index contributed by atoms with van der Waals surface area (Å²) in [7, 11) is 0. The van der Waals surface area contributed by atoms with Crippen molar-refractivity contribution in [3.05, 3.63) is 51.5 Å². The van der Waals surface area contributed by atoms with Crippen molar-refractivity contribution < 1.29 is 0 Å². The molecule has 0 amide bonds. The first kappa shape index (κ1) is 16.2. The maximum absolute atomic E-state index is 4.63. The Morgan fingerprint density at radius 3 is 2.52 bits per heavy atom. The number of aryl methyl sites for hydroxylation is 2. The lowest BCUT2D eigenvalue weighted by Crippen LogP contribution is -2.31. The topological polar surface area (TPSA) is 24.9 Å². The molecule has 21 heavy (non-hydrogen) atoms. The van der Waals surface area contributed by atoms with Gasteiger partial charge in [0.25, 0.3) is 0 Å². The lowest BCUT2D eigenvalue weighted by molar-refractivity contribution is 0.443. The molecule has 0 radical (unpaired) electrons. The number of hydrogen-bond donors (Lipinski definition) is 1. The van der Waals surface area contributed by atoms with Gasteiger partial charge in [-0.1, -0.05) is 38.1 Å². The van der Waals surface area contributed by atoms with Gasteiger partial charge >= 0.3 is 0 Å². The third-order valence-corrected chi connectivity index (χ3v) is 4.70. The molecule has 1 atom stereocenters. The van der Waals surface area contributed by atoms with E-state index < -0.39 is 0 Å². The molecule has 0 fully saturated rings. The van der Waals surface area contributed by atoms with Crippen LogP contribution in [0.3, 0.4) is 0 Å². The lowest BCUT2D eigenvalue weighted by atomic mass is 9.93. The Labute approximate surface area is 132 Å². The number of rotatable bonds is 7. The van der Waals surface area contributed by atoms with E-state index in [2.05, 4.69) is 67.6 Å². The van der Waals surface area contributed by atoms with Crippen LogP contribution in [-0.2, 0) is 12.8 Å². The summed E-state index contributed by atoms with van der Waals surface area (Å²) in [5.41, 5.74) is 3.99. The Balaban J connectivity index is 2.06. The zero-order chi connectivity index (χ0) is 15.2. The average Bonchev–Trinajstić information content (AvgIpc) is 2.84. The minimum atomic E-state index is 0.530. The number of hydrogen-bond acceptors (Lipinski definition) is 3. The van der Waals surface area contributed by atoms with Crippen LogP contribution >= 0.6 is 11.3 Å². The van der Waals surface area contributed by atoms with Crippen LogP contribution in [0.1, 0.15) is 35.7 Å². The molecule has 114 valence electrons. The van der Waals surface area contributed by atoms with Gasteiger partial charge in [0.15, 0.2) is 0 Å². The van der Waals surface area contributed by atoms with Crippen LogP contribution in [0, 0.1) is 19.8 Å². The monoisotopic (exact) mass is 302 g/mol. The number of aromatic nitrogens is 1. The number of benzene rings is 1. The van der Waals surface area contributed by atoms with Gasteiger partial charge in [-0.3, -0.25) is 0 Å². The van der Waals surface area contributed by atoms with Crippen LogP contribution in [0.4, 0.5) is 0 Å². The van der Waals surface area contributed by atoms with Gasteiger partial charge in [0, 0.05) is 23.5 Å². The molecule has 2 aromatic rings. The largest absolute Gasteiger partial charge is 0.314 e. The number of thiazole rings is 1. The van der Waals surface area contributed by atoms with Crippen LogP contribution < -0.4 is 5.32 Å². The van der Waals surface area contributed by atoms with Crippen LogP contribution in [0.5, 0.6) is 0 Å². The Morgan fingerprint density at radius 2 is 1.90 bits per heavy atom. The van der Waals surface area contributed by atoms with E-state index in [1.807, 2.05) is 0 Å². The molecule has 1 aromatic heterocycles. The number of nitrogens with one attached hydrogen (secondary N) is 1. The first-order chi connectivity index (χ1) is 10.0. The normalized spacial score (nSPS) is 12.8. The third kappa shape index (κ3) is 5.25. The van der Waals surface area contributed by atoms with Gasteiger partial charge in [0.05, 0.1) is 5.01 Å². The molecule has 1 aromatic carbocycles. The van der Waals surface area contributed by atoms with Crippen molar-refractivity contribution in [2.24, 2.45) is 5.92 Å². The zero-order valence-corrected chi connectivity index (χ0v) is 14.3. The molecule has 0 aliphatic rings. The molecule has 0 bridgehead atoms. The average molecular weight is 302 g/mol. The first-order valence-electron chi connectivity index (χ1n) is 7.73. The highest BCUT2D eigenvalue weighted by atomic mass is 32.1. The predicted octanol–water partition coefficient (Wildman–Crippen LogP) is 4.16. The van der Waals surface area contributed by atoms with Gasteiger partial charge in [-0.15, -0.1) is 11.3 Å². The Morgan fingerprint density at radius 1 is 1.14 bits per heavy atom. The maximum Gasteiger partial charge on any atom is 0.0931 e. The fraction of sp³-hybridized carbons (Fsp3) is 0.500. The van der Waals surface area contributed by atoms with E-state index in [0.29, 0.717) is 12.0 Å². The summed E-state index contributed by atoms with van der Waals surface area (Å²) in [6, 6.07) is 9.25. The molecular formula is C18H26N2S. The molecular weight excluding hydrogens is 276 g/mol. The summed E-state index contributed by atoms with van der Waals surface area (Å²) < 4.78 is 0. The SMILES string of the molecule is Cc1csc(CC(CNC(C)C)Cc2ccccc2C)n1. The summed E-state index contributed by atoms with van der Waals surface area (Å²) in [6.45, 7) is 9.74. The Bertz CT molecular complexity index is 560. The van der Waals surface area contributed by atoms with Crippen molar-refractivity contribution in [2.75, 3.05) is 6.54 Å². The molecule has 1 heterocycles. The third-order valence-electron chi connectivity index (χ3n) is 3.71. The van der Waals surface area contributed by atoms with Crippen LogP contribution in [0.15, 0.2) is 29.6 Å². The molecule has 2 nitrogen and oxygen atoms in total. The highest BCUT2D eigenvalue weighted by Crippen LogP contribution is 2.19. The van der Waals surface area contributed by atoms with E-state index in [1.54, 1.807) is 11.3 Å². The molecule has 0 spiro atoms. The fourth-order valence-electron chi connectivity index (χ4n) is 2.51. The molecule has 0 aliphatic carbocycles. The highest BCUT2D eigenvalue weighted by molar-refractivity contribution is 7.09. The second kappa shape index (κ2) is 7.71. The van der Waals surface area contributed by atoms with Crippen molar-refractivity contribution in [2.45, 2.75) is 46.6 Å². The van der Waals surface area contributed by atoms with E-state index in [4.69, 9.17) is 0 Å². The van der Waals surface area contributed by atoms with E-state index in [9.17, 15) is 0 Å². The van der Waals surface area contributed by atoms with Gasteiger partial charge in [0.1, 0.15) is 0 Å². The second-order valence-electron chi connectivity index (χ2n) is 6.15. The van der Waals surface area contributed by atoms with Gasteiger partial charge in [-0.05, 0) is 43.9 Å². The first-order valence-corrected chi connectivity index (χ1v) is 8.61. The second-order valence-corrected chi connectivity index (χ2v) is 7.09. The molecule has 0 saturated carbocycles. The quantitative estimate of drug-likeness (QED) is 0.830. The summed E-state index contributed by atoms with van der Waals surface area (Å²) in [4.78, 5) is 4.63. The standard InChI is InChI=1S/C18H26N2S/c1-13(2)19-11-16(10-18-20-15(4)12-21-18)9-17-8-6-5-7-14(17)3/h5-8,12-13,16,19H,9-11H2,1-4H3. The molecule has 2 rings (SSSR count). The zero-order valence-electron chi connectivity index (χ0n) is 13.5. The van der Waals surface area contributed by atoms with Gasteiger partial charge in [0.2, 0.25) is 0 Å². The fourth-order valence-corrected chi connectivity index (χ4v) is 3.40. The summed E-state index contributed by atoms with van der Waals surface area (Å²) in [5, 5.41) is 7.00. The van der Waals surface area contributed by atoms with Crippen molar-refractivity contribution in [3.63, 3.8) is 0 Å². The molecule has 3 heteroatoms. The van der Waals surface area contributed by atoms with Crippen molar-refractivity contribution in [1.29, 1.82) is 0 Å². The molecule has 1 unspecified atom stereocenters. The van der Waals surface area contributed by atoms with E-state index in [1.165, 1.54) is 16.1 Å². The van der Waals surface area contributed by atoms with E-state index in [-0.39, 0.29) is 0 Å². The Hall–Kier alpha value is -1.19. The van der Waals surface area contributed by atoms with Crippen molar-refractivity contribution in [3.8, 4) is 0 Å². The smallest absolute Gasteiger partial charge is 0.0931 e. The summed E-state index contributed by atoms with van der Waals surface area (Å²) in [5.74, 6) is 0.596. The van der Waals surface area contributed by atoms with Gasteiger partial charge < -0.3 is 5.32 Å². The Kier molecular flexibility index (Phi) is 5.95. The van der Waals surface area contributed by atoms with Crippen molar-refractivity contribution in [1.82, 2.24) is 10.3 Å². The summed E-state index contributed by atoms with van der Waals surface area (Å²) in [6.07, 6.45) is 2.18. The highest BCUT2D eigenvalue weighted by Gasteiger charge is 2.14. The minimum absolute atomic E-state index is 0.530. The van der Waals surface area contributed by atoms with Crippen LogP contribution in [-0.4, -0.2) is 17.6 Å². The number of nitrogens with zero attached hydrogens (tertiary/aromatic N) is 1. The predicted molar refractivity (Wildman–Crippen MR) is 92.1 cm³/mol. The lowest BCUT2D eigenvalue weighted by Gasteiger charge is -2.19. The van der Waals surface area contributed by atoms with E-state index >= 15 is 0 Å².